The molecule has 2 aromatic rings. The summed E-state index contributed by atoms with van der Waals surface area (Å²) in [6.07, 6.45) is 1.85. The molecule has 1 heteroatoms. The van der Waals surface area contributed by atoms with Crippen molar-refractivity contribution in [3.63, 3.8) is 0 Å². The van der Waals surface area contributed by atoms with E-state index in [2.05, 4.69) is 62.1 Å². The summed E-state index contributed by atoms with van der Waals surface area (Å²) in [7, 11) is 1.92. The minimum atomic E-state index is 1.17. The Morgan fingerprint density at radius 1 is 0.944 bits per heavy atom. The lowest BCUT2D eigenvalue weighted by molar-refractivity contribution is 1.44. The van der Waals surface area contributed by atoms with Crippen LogP contribution in [0.15, 0.2) is 55.1 Å². The summed E-state index contributed by atoms with van der Waals surface area (Å²) >= 11 is 0. The van der Waals surface area contributed by atoms with Crippen LogP contribution in [0.5, 0.6) is 0 Å². The second-order valence-electron chi connectivity index (χ2n) is 4.23. The van der Waals surface area contributed by atoms with E-state index in [1.54, 1.807) is 0 Å². The molecule has 0 saturated carbocycles. The van der Waals surface area contributed by atoms with Gasteiger partial charge in [-0.1, -0.05) is 60.2 Å². The topological polar surface area (TPSA) is 12.0 Å². The van der Waals surface area contributed by atoms with Crippen LogP contribution >= 0.6 is 0 Å². The van der Waals surface area contributed by atoms with Crippen LogP contribution in [0.25, 0.3) is 6.08 Å². The van der Waals surface area contributed by atoms with Gasteiger partial charge in [0.25, 0.3) is 0 Å². The van der Waals surface area contributed by atoms with Gasteiger partial charge in [-0.15, -0.1) is 0 Å². The molecule has 0 aromatic heterocycles. The van der Waals surface area contributed by atoms with Crippen molar-refractivity contribution in [3.05, 3.63) is 71.8 Å². The van der Waals surface area contributed by atoms with Crippen LogP contribution < -0.4 is 5.32 Å². The monoisotopic (exact) mass is 239 g/mol. The summed E-state index contributed by atoms with van der Waals surface area (Å²) in [5.41, 5.74) is 4.94. The van der Waals surface area contributed by atoms with Crippen LogP contribution in [-0.4, -0.2) is 7.05 Å². The Labute approximate surface area is 110 Å². The zero-order valence-corrected chi connectivity index (χ0v) is 11.4. The third kappa shape index (κ3) is 4.88. The highest BCUT2D eigenvalue weighted by Gasteiger charge is 1.84. The van der Waals surface area contributed by atoms with Crippen LogP contribution in [-0.2, 0) is 0 Å². The Kier molecular flexibility index (Phi) is 5.72. The van der Waals surface area contributed by atoms with Crippen molar-refractivity contribution in [1.29, 1.82) is 0 Å². The molecule has 2 rings (SSSR count). The molecule has 0 amide bonds. The van der Waals surface area contributed by atoms with Crippen molar-refractivity contribution in [2.24, 2.45) is 0 Å². The fourth-order valence-corrected chi connectivity index (χ4v) is 1.52. The Morgan fingerprint density at radius 3 is 2.06 bits per heavy atom. The van der Waals surface area contributed by atoms with E-state index in [0.29, 0.717) is 0 Å². The molecule has 0 aliphatic heterocycles. The summed E-state index contributed by atoms with van der Waals surface area (Å²) in [6, 6.07) is 16.6. The molecule has 0 aliphatic rings. The summed E-state index contributed by atoms with van der Waals surface area (Å²) in [6.45, 7) is 7.83. The van der Waals surface area contributed by atoms with Crippen molar-refractivity contribution < 1.29 is 0 Å². The first-order chi connectivity index (χ1) is 8.65. The third-order valence-corrected chi connectivity index (χ3v) is 2.62. The third-order valence-electron chi connectivity index (χ3n) is 2.62. The van der Waals surface area contributed by atoms with E-state index in [4.69, 9.17) is 0 Å². The zero-order chi connectivity index (χ0) is 13.4. The molecule has 0 bridgehead atoms. The maximum atomic E-state index is 3.67. The number of aryl methyl sites for hydroxylation is 2. The van der Waals surface area contributed by atoms with E-state index < -0.39 is 0 Å². The van der Waals surface area contributed by atoms with Crippen molar-refractivity contribution in [2.75, 3.05) is 12.4 Å². The van der Waals surface area contributed by atoms with Crippen LogP contribution in [0.1, 0.15) is 16.7 Å². The number of nitrogens with one attached hydrogen (secondary N) is 1. The molecule has 1 nitrogen and oxygen atoms in total. The fourth-order valence-electron chi connectivity index (χ4n) is 1.52. The van der Waals surface area contributed by atoms with Gasteiger partial charge in [-0.3, -0.25) is 0 Å². The Bertz CT molecular complexity index is 483. The molecule has 0 spiro atoms. The molecular formula is C17H21N. The van der Waals surface area contributed by atoms with Gasteiger partial charge in [-0.05, 0) is 31.5 Å². The summed E-state index contributed by atoms with van der Waals surface area (Å²) in [5, 5.41) is 3.05. The van der Waals surface area contributed by atoms with E-state index in [1.165, 1.54) is 22.4 Å². The van der Waals surface area contributed by atoms with Gasteiger partial charge in [0, 0.05) is 12.7 Å². The summed E-state index contributed by atoms with van der Waals surface area (Å²) in [4.78, 5) is 0. The molecular weight excluding hydrogens is 218 g/mol. The average Bonchev–Trinajstić information content (AvgIpc) is 2.40. The highest BCUT2D eigenvalue weighted by atomic mass is 14.8. The van der Waals surface area contributed by atoms with Gasteiger partial charge in [0.15, 0.2) is 0 Å². The van der Waals surface area contributed by atoms with Crippen molar-refractivity contribution in [2.45, 2.75) is 13.8 Å². The first-order valence-electron chi connectivity index (χ1n) is 6.09. The quantitative estimate of drug-likeness (QED) is 0.802. The van der Waals surface area contributed by atoms with Crippen molar-refractivity contribution in [1.82, 2.24) is 0 Å². The predicted molar refractivity (Wildman–Crippen MR) is 82.0 cm³/mol. The van der Waals surface area contributed by atoms with Gasteiger partial charge in [0.2, 0.25) is 0 Å². The molecule has 0 atom stereocenters. The Morgan fingerprint density at radius 2 is 1.61 bits per heavy atom. The van der Waals surface area contributed by atoms with E-state index in [0.717, 1.165) is 0 Å². The molecule has 0 heterocycles. The molecule has 0 radical (unpaired) electrons. The highest BCUT2D eigenvalue weighted by Crippen LogP contribution is 2.06. The van der Waals surface area contributed by atoms with Gasteiger partial charge in [0.05, 0.1) is 0 Å². The molecule has 0 aliphatic carbocycles. The summed E-state index contributed by atoms with van der Waals surface area (Å²) in [5.74, 6) is 0. The van der Waals surface area contributed by atoms with Crippen LogP contribution in [0.2, 0.25) is 0 Å². The molecule has 94 valence electrons. The van der Waals surface area contributed by atoms with Gasteiger partial charge in [-0.2, -0.15) is 0 Å². The lowest BCUT2D eigenvalue weighted by Gasteiger charge is -1.97. The van der Waals surface area contributed by atoms with Crippen LogP contribution in [0.4, 0.5) is 5.69 Å². The first kappa shape index (κ1) is 14.0. The fraction of sp³-hybridized carbons (Fsp3) is 0.176. The smallest absolute Gasteiger partial charge is 0.0337 e. The average molecular weight is 239 g/mol. The number of anilines is 1. The molecule has 0 fully saturated rings. The zero-order valence-electron chi connectivity index (χ0n) is 11.4. The van der Waals surface area contributed by atoms with Gasteiger partial charge in [0.1, 0.15) is 0 Å². The SMILES string of the molecule is C=Cc1cccc(C)c1.CNc1ccc(C)cc1. The minimum Gasteiger partial charge on any atom is -0.388 e. The Hall–Kier alpha value is -2.02. The molecule has 0 saturated heterocycles. The molecule has 2 aromatic carbocycles. The van der Waals surface area contributed by atoms with Gasteiger partial charge in [-0.25, -0.2) is 0 Å². The number of hydrogen-bond donors (Lipinski definition) is 1. The molecule has 0 unspecified atom stereocenters. The summed E-state index contributed by atoms with van der Waals surface area (Å²) < 4.78 is 0. The lowest BCUT2D eigenvalue weighted by Crippen LogP contribution is -1.85. The maximum Gasteiger partial charge on any atom is 0.0337 e. The highest BCUT2D eigenvalue weighted by molar-refractivity contribution is 5.47. The first-order valence-corrected chi connectivity index (χ1v) is 6.09. The lowest BCUT2D eigenvalue weighted by atomic mass is 10.1. The number of rotatable bonds is 2. The van der Waals surface area contributed by atoms with E-state index in [-0.39, 0.29) is 0 Å². The second-order valence-corrected chi connectivity index (χ2v) is 4.23. The minimum absolute atomic E-state index is 1.17. The van der Waals surface area contributed by atoms with E-state index in [9.17, 15) is 0 Å². The number of benzene rings is 2. The van der Waals surface area contributed by atoms with Crippen LogP contribution in [0.3, 0.4) is 0 Å². The molecule has 1 N–H and O–H groups in total. The normalized spacial score (nSPS) is 9.06. The number of hydrogen-bond acceptors (Lipinski definition) is 1. The predicted octanol–water partition coefficient (Wildman–Crippen LogP) is 4.67. The largest absolute Gasteiger partial charge is 0.388 e. The second kappa shape index (κ2) is 7.33. The van der Waals surface area contributed by atoms with E-state index in [1.807, 2.05) is 25.3 Å². The molecule has 18 heavy (non-hydrogen) atoms. The Balaban J connectivity index is 0.000000180. The standard InChI is InChI=1S/C9H10.C8H11N/c1-3-9-6-4-5-8(2)7-9;1-7-3-5-8(9-2)6-4-7/h3-7H,1H2,2H3;3-6,9H,1-2H3. The van der Waals surface area contributed by atoms with Gasteiger partial charge >= 0.3 is 0 Å². The van der Waals surface area contributed by atoms with Crippen LogP contribution in [0, 0.1) is 13.8 Å². The van der Waals surface area contributed by atoms with Gasteiger partial charge < -0.3 is 5.32 Å². The van der Waals surface area contributed by atoms with E-state index >= 15 is 0 Å². The maximum absolute atomic E-state index is 3.67. The van der Waals surface area contributed by atoms with Crippen molar-refractivity contribution in [3.8, 4) is 0 Å². The van der Waals surface area contributed by atoms with Crippen molar-refractivity contribution >= 4 is 11.8 Å².